The number of carbonyl (C=O) groups is 1. The molecule has 2 heterocycles. The third-order valence-electron chi connectivity index (χ3n) is 6.26. The first-order valence-electron chi connectivity index (χ1n) is 11.7. The van der Waals surface area contributed by atoms with Gasteiger partial charge in [-0.05, 0) is 67.8 Å². The Bertz CT molecular complexity index is 1990. The molecule has 43 heavy (non-hydrogen) atoms. The zero-order chi connectivity index (χ0) is 30.1. The van der Waals surface area contributed by atoms with E-state index >= 15 is 0 Å². The number of amides is 1. The minimum absolute atomic E-state index is 0. The molecular weight excluding hydrogens is 622 g/mol. The molecule has 0 aliphatic carbocycles. The molecule has 4 rings (SSSR count). The number of benzene rings is 2. The van der Waals surface area contributed by atoms with Crippen LogP contribution in [0.1, 0.15) is 31.0 Å². The number of aromatic nitrogens is 2. The summed E-state index contributed by atoms with van der Waals surface area (Å²) in [6.45, 7) is 1.73. The number of nitrogens with one attached hydrogen (secondary N) is 1. The summed E-state index contributed by atoms with van der Waals surface area (Å²) in [7, 11) is -9.40. The maximum Gasteiger partial charge on any atom is 1.00 e. The van der Waals surface area contributed by atoms with Gasteiger partial charge in [-0.1, -0.05) is 12.5 Å². The molecule has 0 bridgehead atoms. The minimum Gasteiger partial charge on any atom is -0.744 e. The van der Waals surface area contributed by atoms with Crippen molar-refractivity contribution in [2.75, 3.05) is 5.01 Å². The number of hydrogen-bond acceptors (Lipinski definition) is 11. The molecule has 0 saturated heterocycles. The maximum absolute atomic E-state index is 13.3. The van der Waals surface area contributed by atoms with Crippen molar-refractivity contribution >= 4 is 37.5 Å². The van der Waals surface area contributed by atoms with Gasteiger partial charge in [-0.3, -0.25) is 14.7 Å². The van der Waals surface area contributed by atoms with Crippen molar-refractivity contribution in [3.05, 3.63) is 81.3 Å². The van der Waals surface area contributed by atoms with Crippen LogP contribution >= 0.6 is 0 Å². The molecule has 14 nitrogen and oxygen atoms in total. The summed E-state index contributed by atoms with van der Waals surface area (Å²) >= 11 is 0. The van der Waals surface area contributed by atoms with Crippen molar-refractivity contribution in [2.45, 2.75) is 36.0 Å². The predicted molar refractivity (Wildman–Crippen MR) is 140 cm³/mol. The predicted octanol–water partition coefficient (Wildman–Crippen LogP) is -4.58. The van der Waals surface area contributed by atoms with E-state index in [-0.39, 0.29) is 112 Å². The Morgan fingerprint density at radius 2 is 1.40 bits per heavy atom. The van der Waals surface area contributed by atoms with E-state index in [4.69, 9.17) is 0 Å². The second-order valence-corrected chi connectivity index (χ2v) is 11.4. The summed E-state index contributed by atoms with van der Waals surface area (Å²) in [6.07, 6.45) is 0.371. The number of hydrogen-bond donors (Lipinski definition) is 1. The normalized spacial score (nSPS) is 14.2. The monoisotopic (exact) mass is 640 g/mol. The summed E-state index contributed by atoms with van der Waals surface area (Å²) in [4.78, 5) is 25.4. The first-order chi connectivity index (χ1) is 19.3. The molecule has 3 aromatic rings. The van der Waals surface area contributed by atoms with Crippen molar-refractivity contribution in [3.63, 3.8) is 0 Å². The van der Waals surface area contributed by atoms with Crippen LogP contribution in [0.25, 0.3) is 5.69 Å². The molecule has 1 aliphatic rings. The van der Waals surface area contributed by atoms with E-state index in [2.05, 4.69) is 10.2 Å². The zero-order valence-electron chi connectivity index (χ0n) is 23.1. The molecule has 0 unspecified atom stereocenters. The van der Waals surface area contributed by atoms with Gasteiger partial charge in [-0.2, -0.15) is 20.6 Å². The Morgan fingerprint density at radius 3 is 1.84 bits per heavy atom. The zero-order valence-corrected chi connectivity index (χ0v) is 28.7. The molecular formula is C25H18N6Na2O8S2. The van der Waals surface area contributed by atoms with Crippen molar-refractivity contribution in [3.8, 4) is 17.8 Å². The summed E-state index contributed by atoms with van der Waals surface area (Å²) in [5.74, 6) is -0.670. The number of allylic oxidation sites excluding steroid dienone is 1. The van der Waals surface area contributed by atoms with E-state index in [9.17, 15) is 46.1 Å². The Hall–Kier alpha value is -2.87. The number of rotatable bonds is 8. The second-order valence-electron chi connectivity index (χ2n) is 8.62. The molecule has 2 aromatic carbocycles. The fourth-order valence-corrected chi connectivity index (χ4v) is 5.16. The Balaban J connectivity index is 0.00000323. The Kier molecular flexibility index (Phi) is 12.1. The number of carbonyl (C=O) groups excluding carboxylic acids is 1. The van der Waals surface area contributed by atoms with Crippen LogP contribution in [0.2, 0.25) is 0 Å². The largest absolute Gasteiger partial charge is 1.00 e. The van der Waals surface area contributed by atoms with Gasteiger partial charge in [0, 0.05) is 0 Å². The first-order valence-corrected chi connectivity index (χ1v) is 14.5. The van der Waals surface area contributed by atoms with E-state index in [0.29, 0.717) is 5.57 Å². The quantitative estimate of drug-likeness (QED) is 0.141. The third kappa shape index (κ3) is 7.62. The summed E-state index contributed by atoms with van der Waals surface area (Å²) < 4.78 is 68.2. The van der Waals surface area contributed by atoms with Crippen LogP contribution in [-0.2, 0) is 31.5 Å². The van der Waals surface area contributed by atoms with Gasteiger partial charge in [0.25, 0.3) is 11.5 Å². The van der Waals surface area contributed by atoms with Crippen LogP contribution in [-0.4, -0.2) is 47.3 Å². The maximum atomic E-state index is 13.3. The number of nitriles is 2. The molecule has 210 valence electrons. The van der Waals surface area contributed by atoms with Gasteiger partial charge in [0.2, 0.25) is 0 Å². The van der Waals surface area contributed by atoms with Gasteiger partial charge in [0.05, 0.1) is 32.3 Å². The molecule has 0 saturated carbocycles. The molecule has 1 N–H and O–H groups in total. The van der Waals surface area contributed by atoms with Gasteiger partial charge < -0.3 is 9.11 Å². The molecule has 18 heteroatoms. The van der Waals surface area contributed by atoms with Gasteiger partial charge in [0.15, 0.2) is 5.71 Å². The first kappa shape index (κ1) is 36.3. The van der Waals surface area contributed by atoms with Crippen molar-refractivity contribution in [1.29, 1.82) is 10.5 Å². The molecule has 0 fully saturated rings. The van der Waals surface area contributed by atoms with Crippen molar-refractivity contribution < 1.29 is 89.9 Å². The van der Waals surface area contributed by atoms with E-state index in [0.717, 1.165) is 34.0 Å². The Labute approximate surface area is 290 Å². The van der Waals surface area contributed by atoms with Crippen LogP contribution in [0.5, 0.6) is 0 Å². The average molecular weight is 641 g/mol. The van der Waals surface area contributed by atoms with E-state index in [1.54, 1.807) is 6.92 Å². The van der Waals surface area contributed by atoms with Crippen LogP contribution in [0.15, 0.2) is 79.4 Å². The van der Waals surface area contributed by atoms with Crippen LogP contribution in [0.4, 0.5) is 5.69 Å². The number of aromatic amines is 1. The Morgan fingerprint density at radius 1 is 0.884 bits per heavy atom. The van der Waals surface area contributed by atoms with E-state index in [1.807, 2.05) is 12.1 Å². The van der Waals surface area contributed by atoms with Crippen LogP contribution < -0.4 is 69.7 Å². The number of hydrazone groups is 1. The molecule has 0 spiro atoms. The topological polar surface area (TPSA) is 232 Å². The number of nitrogens with zero attached hydrogens (tertiary/aromatic N) is 5. The molecule has 1 amide bonds. The van der Waals surface area contributed by atoms with E-state index in [1.165, 1.54) is 24.3 Å². The standard InChI is InChI=1S/C25H20N6O8S2.2Na/c1-2-15(23-22(14-27)29-31(25(23)33)17-6-10-19(11-7-17)41(37,38)39)3-12-20-21(13-26)28-30(24(20)32)16-4-8-18(9-5-16)40(34,35)36;;/h4-11,28H,2-3,12H2,1H3,(H,34,35,36)(H,37,38,39);;/q;2*+1/p-2/b23-15-;;. The van der Waals surface area contributed by atoms with Gasteiger partial charge in [0.1, 0.15) is 38.1 Å². The smallest absolute Gasteiger partial charge is 0.744 e. The molecule has 1 aliphatic heterocycles. The van der Waals surface area contributed by atoms with Crippen LogP contribution in [0, 0.1) is 22.7 Å². The van der Waals surface area contributed by atoms with Gasteiger partial charge in [-0.25, -0.2) is 21.5 Å². The van der Waals surface area contributed by atoms with Gasteiger partial charge in [-0.15, -0.1) is 0 Å². The van der Waals surface area contributed by atoms with Crippen LogP contribution in [0.3, 0.4) is 0 Å². The number of anilines is 1. The van der Waals surface area contributed by atoms with E-state index < -0.39 is 41.5 Å². The van der Waals surface area contributed by atoms with Gasteiger partial charge >= 0.3 is 59.1 Å². The SMILES string of the molecule is CC/C(CCc1c(C#N)[nH]n(-c2ccc(S(=O)(=O)[O-])cc2)c1=O)=C1/C(=O)N(c2ccc(S(=O)(=O)[O-])cc2)N=C1C#N.[Na+].[Na+]. The van der Waals surface area contributed by atoms with Crippen molar-refractivity contribution in [1.82, 2.24) is 9.78 Å². The summed E-state index contributed by atoms with van der Waals surface area (Å²) in [6, 6.07) is 12.7. The summed E-state index contributed by atoms with van der Waals surface area (Å²) in [5, 5.41) is 26.8. The fourth-order valence-electron chi connectivity index (χ4n) is 4.22. The minimum atomic E-state index is -4.71. The van der Waals surface area contributed by atoms with Crippen molar-refractivity contribution in [2.24, 2.45) is 5.10 Å². The second kappa shape index (κ2) is 14.3. The number of H-pyrrole nitrogens is 1. The summed E-state index contributed by atoms with van der Waals surface area (Å²) in [5.41, 5.74) is -0.0386. The molecule has 0 radical (unpaired) electrons. The third-order valence-corrected chi connectivity index (χ3v) is 7.96. The fraction of sp³-hybridized carbons (Fsp3) is 0.160. The molecule has 0 atom stereocenters. The average Bonchev–Trinajstić information content (AvgIpc) is 3.44. The molecule has 1 aromatic heterocycles.